The number of hydrogen-bond donors (Lipinski definition) is 3. The monoisotopic (exact) mass is 285 g/mol. The van der Waals surface area contributed by atoms with Crippen molar-refractivity contribution >= 4 is 22.5 Å². The van der Waals surface area contributed by atoms with Crippen molar-refractivity contribution in [1.82, 2.24) is 19.7 Å². The fourth-order valence-corrected chi connectivity index (χ4v) is 1.99. The quantitative estimate of drug-likeness (QED) is 0.631. The van der Waals surface area contributed by atoms with Gasteiger partial charge in [-0.15, -0.1) is 0 Å². The molecule has 3 aromatic rings. The zero-order valence-corrected chi connectivity index (χ0v) is 10.8. The van der Waals surface area contributed by atoms with E-state index in [0.717, 1.165) is 9.95 Å². The minimum absolute atomic E-state index is 0.194. The second-order valence-corrected chi connectivity index (χ2v) is 4.43. The van der Waals surface area contributed by atoms with Crippen LogP contribution in [-0.2, 0) is 11.3 Å². The molecule has 0 fully saturated rings. The van der Waals surface area contributed by atoms with Gasteiger partial charge in [-0.05, 0) is 6.07 Å². The first-order chi connectivity index (χ1) is 10.1. The zero-order chi connectivity index (χ0) is 14.8. The van der Waals surface area contributed by atoms with Gasteiger partial charge in [0.15, 0.2) is 0 Å². The number of anilines is 1. The molecule has 2 heterocycles. The maximum absolute atomic E-state index is 12.0. The summed E-state index contributed by atoms with van der Waals surface area (Å²) in [6.07, 6.45) is 2.93. The van der Waals surface area contributed by atoms with Gasteiger partial charge < -0.3 is 5.32 Å². The normalized spacial score (nSPS) is 10.7. The van der Waals surface area contributed by atoms with Crippen molar-refractivity contribution < 1.29 is 4.79 Å². The molecule has 3 N–H and O–H groups in total. The second kappa shape index (κ2) is 5.08. The van der Waals surface area contributed by atoms with E-state index >= 15 is 0 Å². The Morgan fingerprint density at radius 3 is 2.95 bits per heavy atom. The third kappa shape index (κ3) is 2.59. The van der Waals surface area contributed by atoms with E-state index in [0.29, 0.717) is 11.2 Å². The van der Waals surface area contributed by atoms with Crippen molar-refractivity contribution in [3.63, 3.8) is 0 Å². The number of nitrogens with zero attached hydrogens (tertiary/aromatic N) is 2. The molecule has 8 heteroatoms. The summed E-state index contributed by atoms with van der Waals surface area (Å²) >= 11 is 0. The Morgan fingerprint density at radius 2 is 2.14 bits per heavy atom. The summed E-state index contributed by atoms with van der Waals surface area (Å²) in [7, 11) is 0. The van der Waals surface area contributed by atoms with Gasteiger partial charge in [-0.2, -0.15) is 5.10 Å². The molecule has 106 valence electrons. The van der Waals surface area contributed by atoms with Crippen LogP contribution in [0.1, 0.15) is 0 Å². The number of aromatic amines is 2. The molecular formula is C13H11N5O3. The van der Waals surface area contributed by atoms with Gasteiger partial charge in [-0.25, -0.2) is 4.79 Å². The first kappa shape index (κ1) is 12.9. The summed E-state index contributed by atoms with van der Waals surface area (Å²) < 4.78 is 1.11. The highest BCUT2D eigenvalue weighted by atomic mass is 16.2. The van der Waals surface area contributed by atoms with E-state index in [2.05, 4.69) is 20.5 Å². The number of amides is 1. The fourth-order valence-electron chi connectivity index (χ4n) is 1.99. The summed E-state index contributed by atoms with van der Waals surface area (Å²) in [5.41, 5.74) is 0.156. The van der Waals surface area contributed by atoms with Gasteiger partial charge in [0.2, 0.25) is 5.91 Å². The lowest BCUT2D eigenvalue weighted by Crippen LogP contribution is -2.32. The summed E-state index contributed by atoms with van der Waals surface area (Å²) in [4.78, 5) is 36.5. The Bertz CT molecular complexity index is 921. The predicted octanol–water partition coefficient (Wildman–Crippen LogP) is 0.0516. The Hall–Kier alpha value is -3.16. The summed E-state index contributed by atoms with van der Waals surface area (Å²) in [5, 5.41) is 10.3. The third-order valence-corrected chi connectivity index (χ3v) is 2.96. The minimum Gasteiger partial charge on any atom is -0.323 e. The van der Waals surface area contributed by atoms with E-state index in [9.17, 15) is 14.4 Å². The Morgan fingerprint density at radius 1 is 1.29 bits per heavy atom. The lowest BCUT2D eigenvalue weighted by atomic mass is 10.2. The molecule has 0 atom stereocenters. The van der Waals surface area contributed by atoms with Crippen LogP contribution in [0.2, 0.25) is 0 Å². The molecule has 21 heavy (non-hydrogen) atoms. The van der Waals surface area contributed by atoms with Crippen LogP contribution in [0, 0.1) is 0 Å². The number of benzene rings is 1. The highest BCUT2D eigenvalue weighted by Gasteiger charge is 2.08. The summed E-state index contributed by atoms with van der Waals surface area (Å²) in [5.74, 6) is -0.383. The first-order valence-corrected chi connectivity index (χ1v) is 6.15. The molecule has 0 aliphatic rings. The van der Waals surface area contributed by atoms with E-state index in [1.807, 2.05) is 6.07 Å². The maximum Gasteiger partial charge on any atom is 0.328 e. The molecule has 0 spiro atoms. The number of hydrogen-bond acceptors (Lipinski definition) is 4. The number of nitrogens with one attached hydrogen (secondary N) is 3. The van der Waals surface area contributed by atoms with Gasteiger partial charge >= 0.3 is 5.69 Å². The van der Waals surface area contributed by atoms with Crippen LogP contribution >= 0.6 is 0 Å². The molecule has 0 saturated carbocycles. The number of fused-ring (bicyclic) bond motifs is 1. The number of carbonyl (C=O) groups excluding carboxylic acids is 1. The lowest BCUT2D eigenvalue weighted by Gasteiger charge is -2.07. The summed E-state index contributed by atoms with van der Waals surface area (Å²) in [6.45, 7) is -0.194. The van der Waals surface area contributed by atoms with Crippen LogP contribution in [0.5, 0.6) is 0 Å². The van der Waals surface area contributed by atoms with E-state index in [4.69, 9.17) is 0 Å². The molecule has 0 aliphatic carbocycles. The highest BCUT2D eigenvalue weighted by molar-refractivity contribution is 5.99. The zero-order valence-electron chi connectivity index (χ0n) is 10.8. The van der Waals surface area contributed by atoms with Gasteiger partial charge in [0.05, 0.1) is 17.4 Å². The largest absolute Gasteiger partial charge is 0.328 e. The van der Waals surface area contributed by atoms with E-state index in [1.165, 1.54) is 12.3 Å². The van der Waals surface area contributed by atoms with Crippen LogP contribution in [0.3, 0.4) is 0 Å². The average Bonchev–Trinajstić information content (AvgIpc) is 2.91. The number of aromatic nitrogens is 4. The molecule has 0 aliphatic heterocycles. The Labute approximate surface area is 117 Å². The van der Waals surface area contributed by atoms with Gasteiger partial charge in [0, 0.05) is 17.6 Å². The molecular weight excluding hydrogens is 274 g/mol. The molecule has 3 rings (SSSR count). The SMILES string of the molecule is O=C(Cn1ccc(=O)[nH]c1=O)Nc1cccc2cn[nH]c12. The Balaban J connectivity index is 1.82. The fraction of sp³-hybridized carbons (Fsp3) is 0.0769. The molecule has 0 bridgehead atoms. The molecule has 0 radical (unpaired) electrons. The Kier molecular flexibility index (Phi) is 3.11. The van der Waals surface area contributed by atoms with E-state index in [-0.39, 0.29) is 12.5 Å². The van der Waals surface area contributed by atoms with Crippen molar-refractivity contribution in [2.45, 2.75) is 6.54 Å². The van der Waals surface area contributed by atoms with Crippen LogP contribution in [0.4, 0.5) is 5.69 Å². The number of H-pyrrole nitrogens is 2. The smallest absolute Gasteiger partial charge is 0.323 e. The predicted molar refractivity (Wildman–Crippen MR) is 76.0 cm³/mol. The minimum atomic E-state index is -0.627. The van der Waals surface area contributed by atoms with Crippen molar-refractivity contribution in [2.75, 3.05) is 5.32 Å². The lowest BCUT2D eigenvalue weighted by molar-refractivity contribution is -0.116. The second-order valence-electron chi connectivity index (χ2n) is 4.43. The number of rotatable bonds is 3. The topological polar surface area (TPSA) is 113 Å². The van der Waals surface area contributed by atoms with Crippen LogP contribution < -0.4 is 16.6 Å². The average molecular weight is 285 g/mol. The number of carbonyl (C=O) groups is 1. The van der Waals surface area contributed by atoms with Crippen molar-refractivity contribution in [3.8, 4) is 0 Å². The molecule has 8 nitrogen and oxygen atoms in total. The van der Waals surface area contributed by atoms with Crippen molar-refractivity contribution in [1.29, 1.82) is 0 Å². The molecule has 0 unspecified atom stereocenters. The molecule has 2 aromatic heterocycles. The van der Waals surface area contributed by atoms with Gasteiger partial charge in [0.25, 0.3) is 5.56 Å². The van der Waals surface area contributed by atoms with Crippen LogP contribution in [0.15, 0.2) is 46.2 Å². The summed E-state index contributed by atoms with van der Waals surface area (Å²) in [6, 6.07) is 6.57. The maximum atomic E-state index is 12.0. The highest BCUT2D eigenvalue weighted by Crippen LogP contribution is 2.20. The third-order valence-electron chi connectivity index (χ3n) is 2.96. The van der Waals surface area contributed by atoms with Crippen LogP contribution in [-0.4, -0.2) is 25.7 Å². The van der Waals surface area contributed by atoms with Crippen molar-refractivity contribution in [2.24, 2.45) is 0 Å². The number of para-hydroxylation sites is 1. The standard InChI is InChI=1S/C13H11N5O3/c19-10-4-5-18(13(21)16-10)7-11(20)15-9-3-1-2-8-6-14-17-12(8)9/h1-6H,7H2,(H,14,17)(H,15,20)(H,16,19,21). The van der Waals surface area contributed by atoms with E-state index < -0.39 is 11.2 Å². The van der Waals surface area contributed by atoms with Crippen LogP contribution in [0.25, 0.3) is 10.9 Å². The first-order valence-electron chi connectivity index (χ1n) is 6.15. The van der Waals surface area contributed by atoms with Gasteiger partial charge in [0.1, 0.15) is 6.54 Å². The molecule has 1 aromatic carbocycles. The van der Waals surface area contributed by atoms with Gasteiger partial charge in [-0.1, -0.05) is 12.1 Å². The van der Waals surface area contributed by atoms with Gasteiger partial charge in [-0.3, -0.25) is 24.2 Å². The molecule has 1 amide bonds. The molecule has 0 saturated heterocycles. The van der Waals surface area contributed by atoms with E-state index in [1.54, 1.807) is 18.3 Å². The van der Waals surface area contributed by atoms with Crippen molar-refractivity contribution in [3.05, 3.63) is 57.5 Å².